The van der Waals surface area contributed by atoms with E-state index in [2.05, 4.69) is 6.79 Å². The van der Waals surface area contributed by atoms with E-state index >= 15 is 0 Å². The summed E-state index contributed by atoms with van der Waals surface area (Å²) in [5, 5.41) is 0. The molecule has 0 bridgehead atoms. The van der Waals surface area contributed by atoms with Crippen molar-refractivity contribution in [3.05, 3.63) is 7.43 Å². The fraction of sp³-hybridized carbons (Fsp3) is 0. The largest absolute Gasteiger partial charge is 2.00 e. The molecule has 0 amide bonds. The van der Waals surface area contributed by atoms with Gasteiger partial charge in [0.2, 0.25) is 0 Å². The van der Waals surface area contributed by atoms with Crippen molar-refractivity contribution < 1.29 is 24.3 Å². The minimum Gasteiger partial charge on any atom is -0.545 e. The second-order valence-electron chi connectivity index (χ2n) is 0. The molecule has 0 saturated carbocycles. The van der Waals surface area contributed by atoms with Crippen LogP contribution in [0.25, 0.3) is 0 Å². The van der Waals surface area contributed by atoms with Gasteiger partial charge in [-0.1, -0.05) is 0 Å². The Morgan fingerprint density at radius 1 is 1.25 bits per heavy atom. The molecule has 0 aromatic carbocycles. The summed E-state index contributed by atoms with van der Waals surface area (Å²) in [6.45, 7) is 3.25. The predicted molar refractivity (Wildman–Crippen MR) is 13.2 cm³/mol. The smallest absolute Gasteiger partial charge is 0.545 e. The monoisotopic (exact) mass is 146 g/mol. The van der Waals surface area contributed by atoms with Gasteiger partial charge < -0.3 is 12.2 Å². The van der Waals surface area contributed by atoms with Crippen molar-refractivity contribution in [1.29, 1.82) is 0 Å². The SMILES string of the molecule is [CH-]=O.[CH3-].[Ru+2]. The first kappa shape index (κ1) is 27.8. The maximum absolute atomic E-state index is 7.75. The van der Waals surface area contributed by atoms with E-state index in [0.29, 0.717) is 0 Å². The van der Waals surface area contributed by atoms with Crippen LogP contribution < -0.4 is 0 Å². The second-order valence-corrected chi connectivity index (χ2v) is 0. The Kier molecular flexibility index (Phi) is 1400. The summed E-state index contributed by atoms with van der Waals surface area (Å²) in [4.78, 5) is 7.75. The molecule has 1 nitrogen and oxygen atoms in total. The van der Waals surface area contributed by atoms with Gasteiger partial charge in [0, 0.05) is 0 Å². The van der Waals surface area contributed by atoms with Crippen LogP contribution >= 0.6 is 0 Å². The van der Waals surface area contributed by atoms with Crippen molar-refractivity contribution in [2.45, 2.75) is 0 Å². The van der Waals surface area contributed by atoms with Crippen LogP contribution in [0, 0.1) is 7.43 Å². The van der Waals surface area contributed by atoms with E-state index in [1.807, 2.05) is 0 Å². The van der Waals surface area contributed by atoms with E-state index in [4.69, 9.17) is 4.79 Å². The normalized spacial score (nSPS) is 1.00. The molecule has 0 rings (SSSR count). The third-order valence-corrected chi connectivity index (χ3v) is 0. The van der Waals surface area contributed by atoms with E-state index in [0.717, 1.165) is 0 Å². The number of hydrogen-bond donors (Lipinski definition) is 0. The van der Waals surface area contributed by atoms with Crippen LogP contribution in [0.4, 0.5) is 0 Å². The maximum Gasteiger partial charge on any atom is 2.00 e. The Morgan fingerprint density at radius 3 is 1.25 bits per heavy atom. The van der Waals surface area contributed by atoms with Crippen LogP contribution in [0.1, 0.15) is 0 Å². The molecular weight excluding hydrogens is 141 g/mol. The first-order valence-electron chi connectivity index (χ1n) is 0.236. The van der Waals surface area contributed by atoms with Crippen molar-refractivity contribution in [1.82, 2.24) is 0 Å². The summed E-state index contributed by atoms with van der Waals surface area (Å²) >= 11 is 0. The van der Waals surface area contributed by atoms with Crippen LogP contribution in [0.15, 0.2) is 0 Å². The fourth-order valence-electron chi connectivity index (χ4n) is 0. The molecule has 0 aliphatic rings. The van der Waals surface area contributed by atoms with Crippen LogP contribution in [0.2, 0.25) is 0 Å². The number of carbonyl (C=O) groups excluding carboxylic acids is 1. The molecule has 0 radical (unpaired) electrons. The van der Waals surface area contributed by atoms with Gasteiger partial charge in [-0.25, -0.2) is 0 Å². The molecule has 0 atom stereocenters. The van der Waals surface area contributed by atoms with Gasteiger partial charge in [0.1, 0.15) is 0 Å². The minimum atomic E-state index is 0. The van der Waals surface area contributed by atoms with Gasteiger partial charge in [-0.15, -0.1) is 0 Å². The average Bonchev–Trinajstić information content (AvgIpc) is 1.00. The molecule has 0 aliphatic carbocycles. The number of rotatable bonds is 0. The third-order valence-electron chi connectivity index (χ3n) is 0. The van der Waals surface area contributed by atoms with Crippen molar-refractivity contribution >= 4 is 6.79 Å². The molecule has 26 valence electrons. The molecular formula is C2H4ORu. The predicted octanol–water partition coefficient (Wildman–Crippen LogP) is 0.174. The fourth-order valence-corrected chi connectivity index (χ4v) is 0. The zero-order chi connectivity index (χ0) is 2.00. The summed E-state index contributed by atoms with van der Waals surface area (Å²) in [6, 6.07) is 0. The quantitative estimate of drug-likeness (QED) is 0.270. The summed E-state index contributed by atoms with van der Waals surface area (Å²) in [5.74, 6) is 0. The summed E-state index contributed by atoms with van der Waals surface area (Å²) in [6.07, 6.45) is 0. The molecule has 0 unspecified atom stereocenters. The van der Waals surface area contributed by atoms with Crippen LogP contribution in [-0.4, -0.2) is 6.79 Å². The van der Waals surface area contributed by atoms with Crippen LogP contribution in [-0.2, 0) is 24.3 Å². The topological polar surface area (TPSA) is 17.1 Å². The Balaban J connectivity index is -0.00000000500. The van der Waals surface area contributed by atoms with Gasteiger partial charge >= 0.3 is 19.5 Å². The van der Waals surface area contributed by atoms with Crippen molar-refractivity contribution in [3.8, 4) is 0 Å². The van der Waals surface area contributed by atoms with Gasteiger partial charge in [-0.05, 0) is 0 Å². The molecule has 0 aromatic rings. The van der Waals surface area contributed by atoms with Crippen LogP contribution in [0.5, 0.6) is 0 Å². The first-order valence-corrected chi connectivity index (χ1v) is 0.236. The van der Waals surface area contributed by atoms with Crippen molar-refractivity contribution in [2.75, 3.05) is 0 Å². The van der Waals surface area contributed by atoms with E-state index in [1.165, 1.54) is 0 Å². The molecule has 0 N–H and O–H groups in total. The molecule has 4 heavy (non-hydrogen) atoms. The average molecular weight is 145 g/mol. The maximum atomic E-state index is 7.75. The molecule has 0 heterocycles. The van der Waals surface area contributed by atoms with E-state index in [1.54, 1.807) is 0 Å². The number of hydrogen-bond acceptors (Lipinski definition) is 1. The van der Waals surface area contributed by atoms with E-state index < -0.39 is 0 Å². The third kappa shape index (κ3) is 44.6. The van der Waals surface area contributed by atoms with Gasteiger partial charge in [-0.2, -0.15) is 0 Å². The molecule has 2 heteroatoms. The first-order chi connectivity index (χ1) is 1.00. The molecule has 0 saturated heterocycles. The molecule has 0 fully saturated rings. The van der Waals surface area contributed by atoms with Crippen LogP contribution in [0.3, 0.4) is 0 Å². The zero-order valence-electron chi connectivity index (χ0n) is 2.34. The van der Waals surface area contributed by atoms with Gasteiger partial charge in [-0.3, -0.25) is 6.79 Å². The minimum absolute atomic E-state index is 0. The van der Waals surface area contributed by atoms with Gasteiger partial charge in [0.15, 0.2) is 0 Å². The summed E-state index contributed by atoms with van der Waals surface area (Å²) in [5.41, 5.74) is 0. The molecule has 0 spiro atoms. The Labute approximate surface area is 39.2 Å². The van der Waals surface area contributed by atoms with Gasteiger partial charge in [0.25, 0.3) is 0 Å². The van der Waals surface area contributed by atoms with Gasteiger partial charge in [0.05, 0.1) is 0 Å². The zero-order valence-corrected chi connectivity index (χ0v) is 4.08. The van der Waals surface area contributed by atoms with E-state index in [-0.39, 0.29) is 26.9 Å². The van der Waals surface area contributed by atoms with Crippen molar-refractivity contribution in [3.63, 3.8) is 0 Å². The standard InChI is InChI=1S/CHO.CH3.Ru/c1-2;;/h1H;1H3;/q2*-1;+2. The van der Waals surface area contributed by atoms with Crippen molar-refractivity contribution in [2.24, 2.45) is 0 Å². The van der Waals surface area contributed by atoms with E-state index in [9.17, 15) is 0 Å². The molecule has 0 aromatic heterocycles. The Hall–Kier alpha value is 0.293. The summed E-state index contributed by atoms with van der Waals surface area (Å²) < 4.78 is 0. The Morgan fingerprint density at radius 2 is 1.25 bits per heavy atom. The second kappa shape index (κ2) is 201. The molecule has 0 aliphatic heterocycles. The summed E-state index contributed by atoms with van der Waals surface area (Å²) in [7, 11) is 0. The Bertz CT molecular complexity index is 6.00.